The van der Waals surface area contributed by atoms with E-state index in [0.29, 0.717) is 6.04 Å². The molecule has 0 unspecified atom stereocenters. The molecule has 0 aliphatic carbocycles. The van der Waals surface area contributed by atoms with Crippen molar-refractivity contribution in [1.82, 2.24) is 10.6 Å². The Bertz CT molecular complexity index is 201. The summed E-state index contributed by atoms with van der Waals surface area (Å²) in [5, 5.41) is 7.26. The Morgan fingerprint density at radius 3 is 2.53 bits per heavy atom. The zero-order chi connectivity index (χ0) is 11.3. The van der Waals surface area contributed by atoms with Gasteiger partial charge in [0.1, 0.15) is 0 Å². The molecule has 15 heavy (non-hydrogen) atoms. The van der Waals surface area contributed by atoms with Crippen molar-refractivity contribution in [2.24, 2.45) is 5.92 Å². The highest BCUT2D eigenvalue weighted by atomic mass is 15.0. The average molecular weight is 210 g/mol. The van der Waals surface area contributed by atoms with Gasteiger partial charge in [0, 0.05) is 24.8 Å². The summed E-state index contributed by atoms with van der Waals surface area (Å²) in [4.78, 5) is 0. The maximum absolute atomic E-state index is 3.66. The van der Waals surface area contributed by atoms with E-state index in [2.05, 4.69) is 38.3 Å². The highest BCUT2D eigenvalue weighted by molar-refractivity contribution is 5.16. The van der Waals surface area contributed by atoms with Crippen molar-refractivity contribution in [3.8, 4) is 0 Å². The van der Waals surface area contributed by atoms with Gasteiger partial charge in [0.2, 0.25) is 0 Å². The Balaban J connectivity index is 2.53. The van der Waals surface area contributed by atoms with Gasteiger partial charge in [0.25, 0.3) is 0 Å². The fourth-order valence-electron chi connectivity index (χ4n) is 2.27. The van der Waals surface area contributed by atoms with E-state index in [4.69, 9.17) is 0 Å². The number of hydrogen-bond donors (Lipinski definition) is 2. The first-order chi connectivity index (χ1) is 7.17. The Morgan fingerprint density at radius 1 is 1.27 bits per heavy atom. The van der Waals surface area contributed by atoms with Crippen molar-refractivity contribution in [3.63, 3.8) is 0 Å². The molecule has 2 N–H and O–H groups in total. The van der Waals surface area contributed by atoms with Gasteiger partial charge >= 0.3 is 0 Å². The Labute approximate surface area is 94.5 Å². The summed E-state index contributed by atoms with van der Waals surface area (Å²) in [6, 6.07) is 0.635. The van der Waals surface area contributed by atoms with Crippen LogP contribution >= 0.6 is 0 Å². The van der Waals surface area contributed by atoms with E-state index >= 15 is 0 Å². The molecule has 0 aromatic carbocycles. The fraction of sp³-hybridized carbons (Fsp3) is 0.846. The molecule has 0 saturated heterocycles. The van der Waals surface area contributed by atoms with Crippen molar-refractivity contribution in [1.29, 1.82) is 0 Å². The monoisotopic (exact) mass is 210 g/mol. The molecule has 2 heteroatoms. The van der Waals surface area contributed by atoms with Crippen LogP contribution in [-0.4, -0.2) is 19.1 Å². The summed E-state index contributed by atoms with van der Waals surface area (Å²) in [6.07, 6.45) is 3.57. The Hall–Kier alpha value is -0.500. The third kappa shape index (κ3) is 3.86. The largest absolute Gasteiger partial charge is 0.387 e. The van der Waals surface area contributed by atoms with Gasteiger partial charge in [-0.25, -0.2) is 0 Å². The summed E-state index contributed by atoms with van der Waals surface area (Å²) >= 11 is 0. The molecule has 0 aromatic heterocycles. The molecule has 1 aliphatic heterocycles. The number of allylic oxidation sites excluding steroid dienone is 1. The van der Waals surface area contributed by atoms with Crippen LogP contribution in [0.15, 0.2) is 11.3 Å². The minimum Gasteiger partial charge on any atom is -0.387 e. The van der Waals surface area contributed by atoms with Crippen molar-refractivity contribution in [3.05, 3.63) is 11.3 Å². The van der Waals surface area contributed by atoms with E-state index in [1.807, 2.05) is 0 Å². The van der Waals surface area contributed by atoms with Crippen molar-refractivity contribution < 1.29 is 0 Å². The third-order valence-electron chi connectivity index (χ3n) is 3.13. The predicted octanol–water partition coefficient (Wildman–Crippen LogP) is 2.67. The summed E-state index contributed by atoms with van der Waals surface area (Å²) in [7, 11) is 0. The summed E-state index contributed by atoms with van der Waals surface area (Å²) < 4.78 is 0. The van der Waals surface area contributed by atoms with Crippen LogP contribution in [0.3, 0.4) is 0 Å². The van der Waals surface area contributed by atoms with Crippen LogP contribution in [0.2, 0.25) is 0 Å². The molecule has 0 bridgehead atoms. The second-order valence-corrected chi connectivity index (χ2v) is 4.88. The SMILES string of the molecule is CCC1=C(CC)NC[C@@H](CC(C)C)NC1. The average Bonchev–Trinajstić information content (AvgIpc) is 2.39. The van der Waals surface area contributed by atoms with Crippen LogP contribution in [-0.2, 0) is 0 Å². The summed E-state index contributed by atoms with van der Waals surface area (Å²) in [5.41, 5.74) is 3.03. The fourth-order valence-corrected chi connectivity index (χ4v) is 2.27. The van der Waals surface area contributed by atoms with Gasteiger partial charge in [-0.1, -0.05) is 27.7 Å². The van der Waals surface area contributed by atoms with Gasteiger partial charge in [-0.2, -0.15) is 0 Å². The third-order valence-corrected chi connectivity index (χ3v) is 3.13. The first-order valence-electron chi connectivity index (χ1n) is 6.35. The second-order valence-electron chi connectivity index (χ2n) is 4.88. The van der Waals surface area contributed by atoms with Gasteiger partial charge < -0.3 is 10.6 Å². The van der Waals surface area contributed by atoms with Crippen molar-refractivity contribution >= 4 is 0 Å². The minimum atomic E-state index is 0.635. The van der Waals surface area contributed by atoms with E-state index in [0.717, 1.165) is 31.8 Å². The molecule has 0 aromatic rings. The van der Waals surface area contributed by atoms with Gasteiger partial charge in [0.05, 0.1) is 0 Å². The molecule has 0 fully saturated rings. The molecule has 0 radical (unpaired) electrons. The van der Waals surface area contributed by atoms with E-state index in [1.54, 1.807) is 5.57 Å². The molecule has 0 amide bonds. The molecular formula is C13H26N2. The molecule has 0 saturated carbocycles. The maximum Gasteiger partial charge on any atom is 0.0298 e. The Morgan fingerprint density at radius 2 is 2.00 bits per heavy atom. The second kappa shape index (κ2) is 6.16. The van der Waals surface area contributed by atoms with Crippen LogP contribution in [0.4, 0.5) is 0 Å². The van der Waals surface area contributed by atoms with E-state index in [-0.39, 0.29) is 0 Å². The smallest absolute Gasteiger partial charge is 0.0298 e. The first kappa shape index (κ1) is 12.6. The van der Waals surface area contributed by atoms with Crippen LogP contribution in [0, 0.1) is 5.92 Å². The van der Waals surface area contributed by atoms with Crippen LogP contribution in [0.25, 0.3) is 0 Å². The highest BCUT2D eigenvalue weighted by Gasteiger charge is 2.16. The normalized spacial score (nSPS) is 22.9. The molecule has 1 heterocycles. The van der Waals surface area contributed by atoms with Gasteiger partial charge in [-0.05, 0) is 30.8 Å². The van der Waals surface area contributed by atoms with E-state index in [9.17, 15) is 0 Å². The number of hydrogen-bond acceptors (Lipinski definition) is 2. The molecule has 1 aliphatic rings. The lowest BCUT2D eigenvalue weighted by Crippen LogP contribution is -2.37. The van der Waals surface area contributed by atoms with E-state index in [1.165, 1.54) is 12.1 Å². The van der Waals surface area contributed by atoms with E-state index < -0.39 is 0 Å². The lowest BCUT2D eigenvalue weighted by atomic mass is 10.0. The van der Waals surface area contributed by atoms with Crippen molar-refractivity contribution in [2.75, 3.05) is 13.1 Å². The number of nitrogens with one attached hydrogen (secondary N) is 2. The molecule has 1 atom stereocenters. The van der Waals surface area contributed by atoms with Crippen molar-refractivity contribution in [2.45, 2.75) is 53.0 Å². The summed E-state index contributed by atoms with van der Waals surface area (Å²) in [5.74, 6) is 0.776. The van der Waals surface area contributed by atoms with Gasteiger partial charge in [-0.15, -0.1) is 0 Å². The lowest BCUT2D eigenvalue weighted by Gasteiger charge is -2.18. The standard InChI is InChI=1S/C13H26N2/c1-5-11-8-14-12(7-10(3)4)9-15-13(11)6-2/h10,12,14-15H,5-9H2,1-4H3/t12-/m1/s1. The molecule has 0 spiro atoms. The van der Waals surface area contributed by atoms with Crippen LogP contribution in [0.5, 0.6) is 0 Å². The molecular weight excluding hydrogens is 184 g/mol. The lowest BCUT2D eigenvalue weighted by molar-refractivity contribution is 0.427. The molecule has 88 valence electrons. The molecule has 1 rings (SSSR count). The Kier molecular flexibility index (Phi) is 5.16. The van der Waals surface area contributed by atoms with Gasteiger partial charge in [0.15, 0.2) is 0 Å². The summed E-state index contributed by atoms with van der Waals surface area (Å²) in [6.45, 7) is 11.2. The molecule has 2 nitrogen and oxygen atoms in total. The maximum atomic E-state index is 3.66. The highest BCUT2D eigenvalue weighted by Crippen LogP contribution is 2.14. The quantitative estimate of drug-likeness (QED) is 0.745. The zero-order valence-electron chi connectivity index (χ0n) is 10.7. The first-order valence-corrected chi connectivity index (χ1v) is 6.35. The van der Waals surface area contributed by atoms with Gasteiger partial charge in [-0.3, -0.25) is 0 Å². The minimum absolute atomic E-state index is 0.635. The van der Waals surface area contributed by atoms with Crippen LogP contribution < -0.4 is 10.6 Å². The zero-order valence-corrected chi connectivity index (χ0v) is 10.7. The van der Waals surface area contributed by atoms with Crippen LogP contribution in [0.1, 0.15) is 47.0 Å². The topological polar surface area (TPSA) is 24.1 Å². The number of rotatable bonds is 4. The predicted molar refractivity (Wildman–Crippen MR) is 66.9 cm³/mol.